The number of aryl methyl sites for hydroxylation is 2. The molecule has 1 heteroatoms. The van der Waals surface area contributed by atoms with Crippen molar-refractivity contribution in [2.75, 3.05) is 6.54 Å². The Kier molecular flexibility index (Phi) is 6.17. The number of hydrogen-bond donors (Lipinski definition) is 1. The maximum absolute atomic E-state index is 3.53. The molecule has 16 heavy (non-hydrogen) atoms. The minimum Gasteiger partial charge on any atom is -0.314 e. The molecule has 1 rings (SSSR count). The highest BCUT2D eigenvalue weighted by atomic mass is 14.9. The Labute approximate surface area is 100 Å². The molecule has 0 spiro atoms. The Morgan fingerprint density at radius 1 is 1.25 bits per heavy atom. The summed E-state index contributed by atoms with van der Waals surface area (Å²) in [6, 6.07) is 9.36. The van der Waals surface area contributed by atoms with E-state index in [0.29, 0.717) is 6.04 Å². The summed E-state index contributed by atoms with van der Waals surface area (Å²) in [6.07, 6.45) is 4.99. The summed E-state index contributed by atoms with van der Waals surface area (Å²) < 4.78 is 0. The molecule has 0 aromatic heterocycles. The summed E-state index contributed by atoms with van der Waals surface area (Å²) in [7, 11) is 0. The minimum absolute atomic E-state index is 0.656. The van der Waals surface area contributed by atoms with E-state index in [1.807, 2.05) is 0 Å². The summed E-state index contributed by atoms with van der Waals surface area (Å²) in [4.78, 5) is 0. The number of hydrogen-bond acceptors (Lipinski definition) is 1. The van der Waals surface area contributed by atoms with Crippen LogP contribution < -0.4 is 5.32 Å². The van der Waals surface area contributed by atoms with Crippen molar-refractivity contribution in [3.8, 4) is 0 Å². The predicted molar refractivity (Wildman–Crippen MR) is 71.9 cm³/mol. The highest BCUT2D eigenvalue weighted by molar-refractivity contribution is 5.25. The van der Waals surface area contributed by atoms with Crippen LogP contribution in [0.15, 0.2) is 24.3 Å². The largest absolute Gasteiger partial charge is 0.314 e. The van der Waals surface area contributed by atoms with Crippen LogP contribution in [0.25, 0.3) is 0 Å². The molecular formula is C15H25N. The van der Waals surface area contributed by atoms with Gasteiger partial charge >= 0.3 is 0 Å². The molecule has 1 aromatic rings. The Morgan fingerprint density at radius 3 is 2.69 bits per heavy atom. The zero-order chi connectivity index (χ0) is 11.8. The third kappa shape index (κ3) is 4.80. The van der Waals surface area contributed by atoms with E-state index in [1.54, 1.807) is 0 Å². The maximum atomic E-state index is 3.53. The fourth-order valence-corrected chi connectivity index (χ4v) is 1.98. The third-order valence-electron chi connectivity index (χ3n) is 3.09. The van der Waals surface area contributed by atoms with E-state index < -0.39 is 0 Å². The lowest BCUT2D eigenvalue weighted by Crippen LogP contribution is -2.26. The molecule has 0 bridgehead atoms. The first-order chi connectivity index (χ1) is 7.74. The van der Waals surface area contributed by atoms with Crippen LogP contribution in [0.4, 0.5) is 0 Å². The summed E-state index contributed by atoms with van der Waals surface area (Å²) in [5.74, 6) is 0. The molecule has 0 heterocycles. The summed E-state index contributed by atoms with van der Waals surface area (Å²) >= 11 is 0. The zero-order valence-corrected chi connectivity index (χ0v) is 10.9. The van der Waals surface area contributed by atoms with E-state index in [2.05, 4.69) is 50.4 Å². The minimum atomic E-state index is 0.656. The van der Waals surface area contributed by atoms with E-state index in [1.165, 1.54) is 36.8 Å². The van der Waals surface area contributed by atoms with Gasteiger partial charge < -0.3 is 5.32 Å². The quantitative estimate of drug-likeness (QED) is 0.737. The fourth-order valence-electron chi connectivity index (χ4n) is 1.98. The Morgan fingerprint density at radius 2 is 2.00 bits per heavy atom. The first kappa shape index (κ1) is 13.2. The average molecular weight is 219 g/mol. The molecule has 0 fully saturated rings. The molecule has 0 saturated heterocycles. The smallest absolute Gasteiger partial charge is 0.00388 e. The van der Waals surface area contributed by atoms with Crippen molar-refractivity contribution in [2.45, 2.75) is 52.5 Å². The first-order valence-corrected chi connectivity index (χ1v) is 6.52. The standard InChI is InChI=1S/C15H25N/c1-4-12-16-14(3)9-7-11-15-10-6-5-8-13(15)2/h5-6,8,10,14,16H,4,7,9,11-12H2,1-3H3. The lowest BCUT2D eigenvalue weighted by molar-refractivity contribution is 0.498. The molecule has 0 radical (unpaired) electrons. The fraction of sp³-hybridized carbons (Fsp3) is 0.600. The Balaban J connectivity index is 2.23. The highest BCUT2D eigenvalue weighted by Gasteiger charge is 2.01. The molecule has 1 N–H and O–H groups in total. The zero-order valence-electron chi connectivity index (χ0n) is 10.9. The van der Waals surface area contributed by atoms with Gasteiger partial charge in [0, 0.05) is 6.04 Å². The number of rotatable bonds is 7. The van der Waals surface area contributed by atoms with Gasteiger partial charge in [0.1, 0.15) is 0 Å². The molecular weight excluding hydrogens is 194 g/mol. The summed E-state index contributed by atoms with van der Waals surface area (Å²) in [6.45, 7) is 7.85. The van der Waals surface area contributed by atoms with Crippen molar-refractivity contribution in [1.82, 2.24) is 5.32 Å². The van der Waals surface area contributed by atoms with Crippen molar-refractivity contribution in [3.05, 3.63) is 35.4 Å². The van der Waals surface area contributed by atoms with E-state index in [9.17, 15) is 0 Å². The van der Waals surface area contributed by atoms with Crippen LogP contribution in [0, 0.1) is 6.92 Å². The van der Waals surface area contributed by atoms with E-state index in [4.69, 9.17) is 0 Å². The lowest BCUT2D eigenvalue weighted by Gasteiger charge is -2.13. The number of benzene rings is 1. The third-order valence-corrected chi connectivity index (χ3v) is 3.09. The summed E-state index contributed by atoms with van der Waals surface area (Å²) in [5.41, 5.74) is 2.93. The average Bonchev–Trinajstić information content (AvgIpc) is 2.29. The molecule has 0 aliphatic heterocycles. The van der Waals surface area contributed by atoms with Gasteiger partial charge in [-0.15, -0.1) is 0 Å². The second-order valence-electron chi connectivity index (χ2n) is 4.67. The van der Waals surface area contributed by atoms with Gasteiger partial charge in [-0.25, -0.2) is 0 Å². The maximum Gasteiger partial charge on any atom is 0.00388 e. The molecule has 0 aliphatic carbocycles. The van der Waals surface area contributed by atoms with E-state index >= 15 is 0 Å². The van der Waals surface area contributed by atoms with Gasteiger partial charge in [-0.2, -0.15) is 0 Å². The van der Waals surface area contributed by atoms with Crippen LogP contribution in [0.3, 0.4) is 0 Å². The van der Waals surface area contributed by atoms with Gasteiger partial charge in [-0.05, 0) is 57.2 Å². The second kappa shape index (κ2) is 7.45. The first-order valence-electron chi connectivity index (χ1n) is 6.52. The van der Waals surface area contributed by atoms with Crippen molar-refractivity contribution in [2.24, 2.45) is 0 Å². The van der Waals surface area contributed by atoms with Crippen molar-refractivity contribution < 1.29 is 0 Å². The second-order valence-corrected chi connectivity index (χ2v) is 4.67. The van der Waals surface area contributed by atoms with Crippen molar-refractivity contribution in [1.29, 1.82) is 0 Å². The molecule has 0 saturated carbocycles. The van der Waals surface area contributed by atoms with Crippen LogP contribution in [0.1, 0.15) is 44.2 Å². The molecule has 1 aromatic carbocycles. The van der Waals surface area contributed by atoms with Gasteiger partial charge in [0.2, 0.25) is 0 Å². The van der Waals surface area contributed by atoms with E-state index in [0.717, 1.165) is 6.54 Å². The van der Waals surface area contributed by atoms with Gasteiger partial charge in [0.25, 0.3) is 0 Å². The normalized spacial score (nSPS) is 12.7. The molecule has 0 amide bonds. The van der Waals surface area contributed by atoms with Gasteiger partial charge in [0.05, 0.1) is 0 Å². The van der Waals surface area contributed by atoms with Crippen LogP contribution in [-0.4, -0.2) is 12.6 Å². The molecule has 0 aliphatic rings. The molecule has 1 atom stereocenters. The monoisotopic (exact) mass is 219 g/mol. The Hall–Kier alpha value is -0.820. The predicted octanol–water partition coefficient (Wildman–Crippen LogP) is 3.71. The topological polar surface area (TPSA) is 12.0 Å². The van der Waals surface area contributed by atoms with Gasteiger partial charge in [-0.3, -0.25) is 0 Å². The van der Waals surface area contributed by atoms with Crippen molar-refractivity contribution >= 4 is 0 Å². The SMILES string of the molecule is CCCNC(C)CCCc1ccccc1C. The number of nitrogens with one attached hydrogen (secondary N) is 1. The Bertz CT molecular complexity index is 293. The van der Waals surface area contributed by atoms with Gasteiger partial charge in [-0.1, -0.05) is 31.2 Å². The van der Waals surface area contributed by atoms with Crippen LogP contribution in [0.5, 0.6) is 0 Å². The van der Waals surface area contributed by atoms with Crippen molar-refractivity contribution in [3.63, 3.8) is 0 Å². The highest BCUT2D eigenvalue weighted by Crippen LogP contribution is 2.11. The molecule has 1 nitrogen and oxygen atoms in total. The van der Waals surface area contributed by atoms with Crippen LogP contribution in [0.2, 0.25) is 0 Å². The van der Waals surface area contributed by atoms with E-state index in [-0.39, 0.29) is 0 Å². The van der Waals surface area contributed by atoms with Gasteiger partial charge in [0.15, 0.2) is 0 Å². The lowest BCUT2D eigenvalue weighted by atomic mass is 10.0. The summed E-state index contributed by atoms with van der Waals surface area (Å²) in [5, 5.41) is 3.53. The van der Waals surface area contributed by atoms with Crippen LogP contribution in [-0.2, 0) is 6.42 Å². The molecule has 90 valence electrons. The van der Waals surface area contributed by atoms with Crippen LogP contribution >= 0.6 is 0 Å². The molecule has 1 unspecified atom stereocenters.